The van der Waals surface area contributed by atoms with Crippen LogP contribution in [0.1, 0.15) is 19.4 Å². The fourth-order valence-electron chi connectivity index (χ4n) is 1.55. The summed E-state index contributed by atoms with van der Waals surface area (Å²) in [5.74, 6) is -1.97. The fourth-order valence-corrected chi connectivity index (χ4v) is 2.93. The molecule has 0 saturated carbocycles. The molecule has 0 aliphatic heterocycles. The second-order valence-electron chi connectivity index (χ2n) is 4.71. The van der Waals surface area contributed by atoms with Crippen molar-refractivity contribution >= 4 is 16.0 Å². The molecule has 0 saturated heterocycles. The van der Waals surface area contributed by atoms with Gasteiger partial charge in [0.15, 0.2) is 0 Å². The second-order valence-corrected chi connectivity index (χ2v) is 6.42. The smallest absolute Gasteiger partial charge is 0.416 e. The molecule has 21 heavy (non-hydrogen) atoms. The second kappa shape index (κ2) is 6.02. The van der Waals surface area contributed by atoms with Crippen LogP contribution in [0.4, 0.5) is 13.2 Å². The predicted molar refractivity (Wildman–Crippen MR) is 68.0 cm³/mol. The molecule has 1 atom stereocenters. The SMILES string of the molecule is CC(C)[C@@H](NS(=O)(=O)c1cccc(C(F)(F)F)c1)C(=O)O. The number of hydrogen-bond acceptors (Lipinski definition) is 3. The number of rotatable bonds is 5. The Balaban J connectivity index is 3.17. The maximum absolute atomic E-state index is 12.6. The summed E-state index contributed by atoms with van der Waals surface area (Å²) >= 11 is 0. The molecule has 0 aromatic heterocycles. The molecule has 0 amide bonds. The van der Waals surface area contributed by atoms with E-state index >= 15 is 0 Å². The first-order valence-corrected chi connectivity index (χ1v) is 7.36. The molecule has 1 aromatic rings. The summed E-state index contributed by atoms with van der Waals surface area (Å²) in [7, 11) is -4.36. The summed E-state index contributed by atoms with van der Waals surface area (Å²) in [5, 5.41) is 8.93. The van der Waals surface area contributed by atoms with Crippen LogP contribution in [0.15, 0.2) is 29.2 Å². The standard InChI is InChI=1S/C12H14F3NO4S/c1-7(2)10(11(17)18)16-21(19,20)9-5-3-4-8(6-9)12(13,14)15/h3-7,10,16H,1-2H3,(H,17,18)/t10-/m1/s1. The van der Waals surface area contributed by atoms with Gasteiger partial charge < -0.3 is 5.11 Å². The van der Waals surface area contributed by atoms with Crippen molar-refractivity contribution in [1.29, 1.82) is 0 Å². The topological polar surface area (TPSA) is 83.5 Å². The number of aliphatic carboxylic acids is 1. The van der Waals surface area contributed by atoms with E-state index in [0.717, 1.165) is 18.2 Å². The van der Waals surface area contributed by atoms with Gasteiger partial charge in [-0.25, -0.2) is 8.42 Å². The monoisotopic (exact) mass is 325 g/mol. The molecule has 1 aromatic carbocycles. The zero-order chi connectivity index (χ0) is 16.4. The molecular weight excluding hydrogens is 311 g/mol. The summed E-state index contributed by atoms with van der Waals surface area (Å²) < 4.78 is 63.6. The lowest BCUT2D eigenvalue weighted by Crippen LogP contribution is -2.44. The van der Waals surface area contributed by atoms with Crippen molar-refractivity contribution in [3.05, 3.63) is 29.8 Å². The Morgan fingerprint density at radius 1 is 1.29 bits per heavy atom. The third kappa shape index (κ3) is 4.43. The van der Waals surface area contributed by atoms with Crippen molar-refractivity contribution in [1.82, 2.24) is 4.72 Å². The molecule has 1 rings (SSSR count). The molecule has 0 unspecified atom stereocenters. The summed E-state index contributed by atoms with van der Waals surface area (Å²) in [6.07, 6.45) is -4.68. The van der Waals surface area contributed by atoms with Gasteiger partial charge in [-0.1, -0.05) is 19.9 Å². The van der Waals surface area contributed by atoms with Crippen LogP contribution in [0.3, 0.4) is 0 Å². The van der Waals surface area contributed by atoms with E-state index in [9.17, 15) is 26.4 Å². The Hall–Kier alpha value is -1.61. The van der Waals surface area contributed by atoms with Crippen LogP contribution >= 0.6 is 0 Å². The van der Waals surface area contributed by atoms with Gasteiger partial charge in [-0.2, -0.15) is 17.9 Å². The van der Waals surface area contributed by atoms with Gasteiger partial charge in [0.2, 0.25) is 10.0 Å². The van der Waals surface area contributed by atoms with E-state index in [4.69, 9.17) is 5.11 Å². The third-order valence-corrected chi connectivity index (χ3v) is 4.13. The maximum atomic E-state index is 12.6. The first-order valence-electron chi connectivity index (χ1n) is 5.87. The molecule has 0 heterocycles. The van der Waals surface area contributed by atoms with E-state index in [1.165, 1.54) is 13.8 Å². The van der Waals surface area contributed by atoms with Crippen LogP contribution in [0, 0.1) is 5.92 Å². The highest BCUT2D eigenvalue weighted by Gasteiger charge is 2.33. The minimum Gasteiger partial charge on any atom is -0.480 e. The third-order valence-electron chi connectivity index (χ3n) is 2.69. The molecular formula is C12H14F3NO4S. The van der Waals surface area contributed by atoms with Crippen LogP contribution < -0.4 is 4.72 Å². The predicted octanol–water partition coefficient (Wildman–Crippen LogP) is 2.09. The number of carbonyl (C=O) groups is 1. The largest absolute Gasteiger partial charge is 0.480 e. The van der Waals surface area contributed by atoms with E-state index < -0.39 is 44.6 Å². The van der Waals surface area contributed by atoms with Crippen molar-refractivity contribution < 1.29 is 31.5 Å². The number of halogens is 3. The van der Waals surface area contributed by atoms with Gasteiger partial charge in [0.25, 0.3) is 0 Å². The van der Waals surface area contributed by atoms with Crippen molar-refractivity contribution in [2.45, 2.75) is 31.0 Å². The summed E-state index contributed by atoms with van der Waals surface area (Å²) in [6.45, 7) is 2.96. The van der Waals surface area contributed by atoms with Crippen LogP contribution in [-0.2, 0) is 21.0 Å². The number of sulfonamides is 1. The van der Waals surface area contributed by atoms with Gasteiger partial charge in [-0.15, -0.1) is 0 Å². The molecule has 2 N–H and O–H groups in total. The molecule has 0 fully saturated rings. The van der Waals surface area contributed by atoms with Crippen molar-refractivity contribution in [3.8, 4) is 0 Å². The Morgan fingerprint density at radius 3 is 2.29 bits per heavy atom. The lowest BCUT2D eigenvalue weighted by atomic mass is 10.1. The number of carboxylic acid groups (broad SMARTS) is 1. The lowest BCUT2D eigenvalue weighted by Gasteiger charge is -2.18. The number of nitrogens with one attached hydrogen (secondary N) is 1. The van der Waals surface area contributed by atoms with Crippen molar-refractivity contribution in [3.63, 3.8) is 0 Å². The first-order chi connectivity index (χ1) is 9.45. The Kier molecular flexibility index (Phi) is 5.00. The van der Waals surface area contributed by atoms with Crippen LogP contribution in [0.25, 0.3) is 0 Å². The molecule has 0 aliphatic carbocycles. The van der Waals surface area contributed by atoms with Crippen molar-refractivity contribution in [2.75, 3.05) is 0 Å². The summed E-state index contributed by atoms with van der Waals surface area (Å²) in [5.41, 5.74) is -1.12. The first kappa shape index (κ1) is 17.4. The van der Waals surface area contributed by atoms with Crippen LogP contribution in [-0.4, -0.2) is 25.5 Å². The highest BCUT2D eigenvalue weighted by Crippen LogP contribution is 2.30. The normalized spacial score (nSPS) is 14.2. The molecule has 0 radical (unpaired) electrons. The van der Waals surface area contributed by atoms with Gasteiger partial charge >= 0.3 is 12.1 Å². The zero-order valence-corrected chi connectivity index (χ0v) is 12.0. The number of hydrogen-bond donors (Lipinski definition) is 2. The van der Waals surface area contributed by atoms with E-state index in [2.05, 4.69) is 0 Å². The molecule has 0 aliphatic rings. The quantitative estimate of drug-likeness (QED) is 0.868. The molecule has 118 valence electrons. The van der Waals surface area contributed by atoms with E-state index in [0.29, 0.717) is 6.07 Å². The maximum Gasteiger partial charge on any atom is 0.416 e. The lowest BCUT2D eigenvalue weighted by molar-refractivity contribution is -0.140. The molecule has 9 heteroatoms. The number of benzene rings is 1. The Labute approximate surface area is 119 Å². The van der Waals surface area contributed by atoms with Gasteiger partial charge in [0.1, 0.15) is 6.04 Å². The summed E-state index contributed by atoms with van der Waals surface area (Å²) in [6, 6.07) is 1.68. The molecule has 0 bridgehead atoms. The Morgan fingerprint density at radius 2 is 1.86 bits per heavy atom. The van der Waals surface area contributed by atoms with E-state index in [1.54, 1.807) is 0 Å². The average molecular weight is 325 g/mol. The van der Waals surface area contributed by atoms with Crippen molar-refractivity contribution in [2.24, 2.45) is 5.92 Å². The van der Waals surface area contributed by atoms with Crippen LogP contribution in [0.2, 0.25) is 0 Å². The Bertz CT molecular complexity index is 626. The van der Waals surface area contributed by atoms with Gasteiger partial charge in [-0.3, -0.25) is 4.79 Å². The van der Waals surface area contributed by atoms with Gasteiger partial charge in [-0.05, 0) is 24.1 Å². The zero-order valence-electron chi connectivity index (χ0n) is 11.2. The molecule has 0 spiro atoms. The van der Waals surface area contributed by atoms with Gasteiger partial charge in [0, 0.05) is 0 Å². The minimum atomic E-state index is -4.68. The number of carboxylic acids is 1. The highest BCUT2D eigenvalue weighted by molar-refractivity contribution is 7.89. The minimum absolute atomic E-state index is 0.460. The summed E-state index contributed by atoms with van der Waals surface area (Å²) in [4.78, 5) is 10.3. The highest BCUT2D eigenvalue weighted by atomic mass is 32.2. The average Bonchev–Trinajstić information content (AvgIpc) is 2.34. The van der Waals surface area contributed by atoms with E-state index in [-0.39, 0.29) is 0 Å². The van der Waals surface area contributed by atoms with E-state index in [1.807, 2.05) is 4.72 Å². The van der Waals surface area contributed by atoms with Gasteiger partial charge in [0.05, 0.1) is 10.5 Å². The molecule has 5 nitrogen and oxygen atoms in total. The fraction of sp³-hybridized carbons (Fsp3) is 0.417. The van der Waals surface area contributed by atoms with Crippen LogP contribution in [0.5, 0.6) is 0 Å². The number of alkyl halides is 3.